The van der Waals surface area contributed by atoms with Gasteiger partial charge in [-0.05, 0) is 54.6 Å². The molecule has 1 aliphatic heterocycles. The van der Waals surface area contributed by atoms with Crippen molar-refractivity contribution in [3.8, 4) is 11.4 Å². The van der Waals surface area contributed by atoms with E-state index >= 15 is 0 Å². The van der Waals surface area contributed by atoms with Crippen molar-refractivity contribution < 1.29 is 14.3 Å². The fourth-order valence-electron chi connectivity index (χ4n) is 4.85. The molecule has 40 heavy (non-hydrogen) atoms. The molecule has 3 heterocycles. The molecule has 1 aliphatic rings. The number of piperazine rings is 1. The minimum Gasteiger partial charge on any atom is -0.497 e. The van der Waals surface area contributed by atoms with E-state index in [0.29, 0.717) is 32.5 Å². The van der Waals surface area contributed by atoms with Crippen molar-refractivity contribution >= 4 is 34.9 Å². The molecule has 0 radical (unpaired) electrons. The van der Waals surface area contributed by atoms with Gasteiger partial charge in [0.25, 0.3) is 5.91 Å². The van der Waals surface area contributed by atoms with Gasteiger partial charge in [0.2, 0.25) is 5.91 Å². The van der Waals surface area contributed by atoms with Gasteiger partial charge >= 0.3 is 0 Å². The fraction of sp³-hybridized carbons (Fsp3) is 0.333. The zero-order chi connectivity index (χ0) is 27.9. The van der Waals surface area contributed by atoms with Crippen molar-refractivity contribution in [2.45, 2.75) is 37.4 Å². The third-order valence-corrected chi connectivity index (χ3v) is 8.85. The lowest BCUT2D eigenvalue weighted by molar-refractivity contribution is -0.133. The molecule has 4 aromatic rings. The second kappa shape index (κ2) is 13.1. The van der Waals surface area contributed by atoms with E-state index in [0.717, 1.165) is 39.5 Å². The number of rotatable bonds is 10. The van der Waals surface area contributed by atoms with Crippen LogP contribution in [-0.4, -0.2) is 74.9 Å². The highest BCUT2D eigenvalue weighted by molar-refractivity contribution is 7.99. The number of carbonyl (C=O) groups is 2. The summed E-state index contributed by atoms with van der Waals surface area (Å²) in [5, 5.41) is 11.7. The van der Waals surface area contributed by atoms with E-state index in [1.807, 2.05) is 76.7 Å². The van der Waals surface area contributed by atoms with Gasteiger partial charge in [0.15, 0.2) is 5.16 Å². The van der Waals surface area contributed by atoms with Crippen LogP contribution in [-0.2, 0) is 11.2 Å². The molecule has 1 saturated heterocycles. The van der Waals surface area contributed by atoms with Gasteiger partial charge < -0.3 is 14.5 Å². The van der Waals surface area contributed by atoms with Crippen LogP contribution in [0.1, 0.15) is 40.8 Å². The van der Waals surface area contributed by atoms with Gasteiger partial charge in [-0.15, -0.1) is 21.5 Å². The normalized spacial score (nSPS) is 15.3. The number of ether oxygens (including phenoxy) is 1. The molecule has 0 saturated carbocycles. The van der Waals surface area contributed by atoms with Crippen molar-refractivity contribution in [1.82, 2.24) is 24.6 Å². The van der Waals surface area contributed by atoms with E-state index in [1.54, 1.807) is 18.9 Å². The van der Waals surface area contributed by atoms with Crippen LogP contribution in [0.2, 0.25) is 0 Å². The summed E-state index contributed by atoms with van der Waals surface area (Å²) in [6.45, 7) is 3.72. The number of nitrogens with zero attached hydrogens (tertiary/aromatic N) is 5. The number of thioether (sulfide) groups is 1. The Morgan fingerprint density at radius 1 is 1.02 bits per heavy atom. The first-order valence-corrected chi connectivity index (χ1v) is 15.3. The molecule has 0 spiro atoms. The summed E-state index contributed by atoms with van der Waals surface area (Å²) in [7, 11) is 1.66. The van der Waals surface area contributed by atoms with E-state index in [1.165, 1.54) is 16.9 Å². The summed E-state index contributed by atoms with van der Waals surface area (Å²) in [5.74, 6) is 2.59. The van der Waals surface area contributed by atoms with Crippen LogP contribution < -0.4 is 4.74 Å². The van der Waals surface area contributed by atoms with Crippen LogP contribution in [0.25, 0.3) is 5.69 Å². The predicted octanol–water partition coefficient (Wildman–Crippen LogP) is 5.17. The molecule has 1 unspecified atom stereocenters. The van der Waals surface area contributed by atoms with Crippen LogP contribution in [0.5, 0.6) is 5.75 Å². The summed E-state index contributed by atoms with van der Waals surface area (Å²) in [4.78, 5) is 30.3. The quantitative estimate of drug-likeness (QED) is 0.192. The number of carbonyl (C=O) groups excluding carboxylic acids is 2. The van der Waals surface area contributed by atoms with Gasteiger partial charge in [-0.2, -0.15) is 0 Å². The van der Waals surface area contributed by atoms with Gasteiger partial charge in [-0.25, -0.2) is 0 Å². The summed E-state index contributed by atoms with van der Waals surface area (Å²) >= 11 is 3.07. The van der Waals surface area contributed by atoms with E-state index in [9.17, 15) is 9.59 Å². The second-order valence-electron chi connectivity index (χ2n) is 9.71. The van der Waals surface area contributed by atoms with Gasteiger partial charge in [-0.3, -0.25) is 14.2 Å². The largest absolute Gasteiger partial charge is 0.497 e. The lowest BCUT2D eigenvalue weighted by Gasteiger charge is -2.39. The van der Waals surface area contributed by atoms with Crippen LogP contribution in [0.4, 0.5) is 0 Å². The molecule has 5 rings (SSSR count). The minimum absolute atomic E-state index is 0.00671. The Hall–Kier alpha value is -3.63. The second-order valence-corrected chi connectivity index (χ2v) is 11.7. The predicted molar refractivity (Wildman–Crippen MR) is 159 cm³/mol. The number of aromatic nitrogens is 3. The average molecular weight is 576 g/mol. The van der Waals surface area contributed by atoms with Crippen molar-refractivity contribution in [2.75, 3.05) is 32.5 Å². The third-order valence-electron chi connectivity index (χ3n) is 6.98. The Morgan fingerprint density at radius 3 is 2.52 bits per heavy atom. The SMILES string of the molecule is COc1ccc(-n2c(Cc3ccccc3)nnc2SCCCC(=O)N2CCN(C(=O)c3cccs3)C(C)C2)cc1. The smallest absolute Gasteiger partial charge is 0.264 e. The maximum absolute atomic E-state index is 13.0. The highest BCUT2D eigenvalue weighted by Crippen LogP contribution is 2.26. The lowest BCUT2D eigenvalue weighted by Crippen LogP contribution is -2.55. The number of benzene rings is 2. The molecule has 8 nitrogen and oxygen atoms in total. The monoisotopic (exact) mass is 575 g/mol. The molecule has 2 aromatic heterocycles. The Balaban J connectivity index is 1.18. The Labute approximate surface area is 243 Å². The molecule has 1 atom stereocenters. The van der Waals surface area contributed by atoms with E-state index in [2.05, 4.69) is 26.9 Å². The molecule has 0 bridgehead atoms. The molecule has 0 N–H and O–H groups in total. The molecule has 10 heteroatoms. The number of thiophene rings is 1. The summed E-state index contributed by atoms with van der Waals surface area (Å²) in [6.07, 6.45) is 1.86. The zero-order valence-corrected chi connectivity index (χ0v) is 24.4. The summed E-state index contributed by atoms with van der Waals surface area (Å²) in [6, 6.07) is 21.9. The maximum atomic E-state index is 13.0. The first-order valence-electron chi connectivity index (χ1n) is 13.4. The van der Waals surface area contributed by atoms with Gasteiger partial charge in [0.1, 0.15) is 11.6 Å². The number of hydrogen-bond acceptors (Lipinski definition) is 7. The standard InChI is InChI=1S/C30H33N5O3S2/c1-22-21-33(16-17-34(22)29(37)26-10-6-18-39-26)28(36)11-7-19-40-30-32-31-27(20-23-8-4-3-5-9-23)35(30)24-12-14-25(38-2)15-13-24/h3-6,8-10,12-15,18,22H,7,11,16-17,19-21H2,1-2H3. The molecular weight excluding hydrogens is 542 g/mol. The van der Waals surface area contributed by atoms with Crippen LogP contribution in [0.3, 0.4) is 0 Å². The van der Waals surface area contributed by atoms with Crippen molar-refractivity contribution in [1.29, 1.82) is 0 Å². The van der Waals surface area contributed by atoms with E-state index in [4.69, 9.17) is 4.74 Å². The molecule has 208 valence electrons. The zero-order valence-electron chi connectivity index (χ0n) is 22.7. The Bertz CT molecular complexity index is 1410. The van der Waals surface area contributed by atoms with Crippen molar-refractivity contribution in [2.24, 2.45) is 0 Å². The summed E-state index contributed by atoms with van der Waals surface area (Å²) in [5.41, 5.74) is 2.14. The van der Waals surface area contributed by atoms with Crippen LogP contribution >= 0.6 is 23.1 Å². The van der Waals surface area contributed by atoms with Crippen molar-refractivity contribution in [3.05, 3.63) is 88.4 Å². The van der Waals surface area contributed by atoms with Crippen LogP contribution in [0.15, 0.2) is 77.3 Å². The fourth-order valence-corrected chi connectivity index (χ4v) is 6.44. The maximum Gasteiger partial charge on any atom is 0.264 e. The summed E-state index contributed by atoms with van der Waals surface area (Å²) < 4.78 is 7.42. The van der Waals surface area contributed by atoms with Gasteiger partial charge in [0.05, 0.1) is 12.0 Å². The van der Waals surface area contributed by atoms with Gasteiger partial charge in [-0.1, -0.05) is 48.2 Å². The van der Waals surface area contributed by atoms with Gasteiger partial charge in [0, 0.05) is 50.0 Å². The topological polar surface area (TPSA) is 80.6 Å². The van der Waals surface area contributed by atoms with Crippen LogP contribution in [0, 0.1) is 0 Å². The van der Waals surface area contributed by atoms with Crippen molar-refractivity contribution in [3.63, 3.8) is 0 Å². The molecule has 2 amide bonds. The minimum atomic E-state index is -0.00671. The highest BCUT2D eigenvalue weighted by atomic mass is 32.2. The van der Waals surface area contributed by atoms with E-state index in [-0.39, 0.29) is 17.9 Å². The molecular formula is C30H33N5O3S2. The molecule has 1 fully saturated rings. The highest BCUT2D eigenvalue weighted by Gasteiger charge is 2.30. The Morgan fingerprint density at radius 2 is 1.82 bits per heavy atom. The first kappa shape index (κ1) is 27.9. The van der Waals surface area contributed by atoms with E-state index < -0.39 is 0 Å². The lowest BCUT2D eigenvalue weighted by atomic mass is 10.1. The average Bonchev–Trinajstić information content (AvgIpc) is 3.66. The first-order chi connectivity index (χ1) is 19.5. The number of amides is 2. The third kappa shape index (κ3) is 6.56. The Kier molecular flexibility index (Phi) is 9.18. The number of methoxy groups -OCH3 is 1. The molecule has 2 aromatic carbocycles. The molecule has 0 aliphatic carbocycles. The number of hydrogen-bond donors (Lipinski definition) is 0.